The second kappa shape index (κ2) is 5.58. The third-order valence-electron chi connectivity index (χ3n) is 3.69. The molecule has 7 heteroatoms. The van der Waals surface area contributed by atoms with Gasteiger partial charge in [0.05, 0.1) is 24.1 Å². The maximum absolute atomic E-state index is 5.89. The minimum atomic E-state index is -0.00543. The first-order valence-electron chi connectivity index (χ1n) is 7.14. The lowest BCUT2D eigenvalue weighted by Gasteiger charge is -2.33. The van der Waals surface area contributed by atoms with Crippen LogP contribution < -0.4 is 4.90 Å². The number of aromatic nitrogens is 4. The minimum Gasteiger partial charge on any atom is -0.367 e. The number of ether oxygens (including phenoxy) is 1. The summed E-state index contributed by atoms with van der Waals surface area (Å²) in [6.45, 7) is 4.22. The van der Waals surface area contributed by atoms with Crippen LogP contribution >= 0.6 is 11.3 Å². The van der Waals surface area contributed by atoms with Gasteiger partial charge in [0.1, 0.15) is 23.3 Å². The highest BCUT2D eigenvalue weighted by atomic mass is 32.1. The second-order valence-electron chi connectivity index (χ2n) is 5.22. The van der Waals surface area contributed by atoms with Crippen molar-refractivity contribution in [2.45, 2.75) is 13.0 Å². The summed E-state index contributed by atoms with van der Waals surface area (Å²) in [5.74, 6) is 0.916. The molecule has 3 aromatic heterocycles. The fraction of sp³-hybridized carbons (Fsp3) is 0.333. The van der Waals surface area contributed by atoms with Crippen LogP contribution in [0.2, 0.25) is 0 Å². The van der Waals surface area contributed by atoms with Gasteiger partial charge in [-0.05, 0) is 13.0 Å². The summed E-state index contributed by atoms with van der Waals surface area (Å²) in [6.07, 6.45) is 5.17. The van der Waals surface area contributed by atoms with Crippen LogP contribution in [-0.2, 0) is 4.74 Å². The lowest BCUT2D eigenvalue weighted by molar-refractivity contribution is 0.0394. The maximum Gasteiger partial charge on any atom is 0.139 e. The zero-order chi connectivity index (χ0) is 14.9. The predicted molar refractivity (Wildman–Crippen MR) is 85.1 cm³/mol. The van der Waals surface area contributed by atoms with E-state index >= 15 is 0 Å². The van der Waals surface area contributed by atoms with E-state index in [1.165, 1.54) is 0 Å². The number of pyridine rings is 1. The SMILES string of the molecule is Cc1csc(C2CN(c3nccc4ncncc34)CCO2)n1. The molecule has 0 spiro atoms. The van der Waals surface area contributed by atoms with E-state index in [9.17, 15) is 0 Å². The molecule has 3 aromatic rings. The van der Waals surface area contributed by atoms with Crippen molar-refractivity contribution >= 4 is 28.1 Å². The molecule has 0 aromatic carbocycles. The van der Waals surface area contributed by atoms with E-state index in [0.29, 0.717) is 6.61 Å². The van der Waals surface area contributed by atoms with Gasteiger partial charge >= 0.3 is 0 Å². The highest BCUT2D eigenvalue weighted by Gasteiger charge is 2.26. The number of thiazole rings is 1. The van der Waals surface area contributed by atoms with Gasteiger partial charge in [-0.1, -0.05) is 0 Å². The lowest BCUT2D eigenvalue weighted by Crippen LogP contribution is -2.39. The van der Waals surface area contributed by atoms with Crippen LogP contribution in [-0.4, -0.2) is 39.6 Å². The van der Waals surface area contributed by atoms with Gasteiger partial charge in [0.2, 0.25) is 0 Å². The number of anilines is 1. The molecule has 1 saturated heterocycles. The fourth-order valence-electron chi connectivity index (χ4n) is 2.66. The molecule has 0 N–H and O–H groups in total. The molecule has 1 aliphatic rings. The van der Waals surface area contributed by atoms with Crippen molar-refractivity contribution in [1.82, 2.24) is 19.9 Å². The molecular formula is C15H15N5OS. The van der Waals surface area contributed by atoms with Gasteiger partial charge in [-0.2, -0.15) is 0 Å². The number of rotatable bonds is 2. The number of hydrogen-bond donors (Lipinski definition) is 0. The molecular weight excluding hydrogens is 298 g/mol. The molecule has 1 aliphatic heterocycles. The van der Waals surface area contributed by atoms with Crippen LogP contribution in [0.25, 0.3) is 10.9 Å². The van der Waals surface area contributed by atoms with Crippen molar-refractivity contribution in [2.24, 2.45) is 0 Å². The topological polar surface area (TPSA) is 64.0 Å². The minimum absolute atomic E-state index is 0.00543. The van der Waals surface area contributed by atoms with Gasteiger partial charge in [0.15, 0.2) is 0 Å². The first-order valence-corrected chi connectivity index (χ1v) is 8.02. The van der Waals surface area contributed by atoms with Crippen LogP contribution in [0.1, 0.15) is 16.8 Å². The van der Waals surface area contributed by atoms with E-state index in [0.717, 1.165) is 40.5 Å². The Kier molecular flexibility index (Phi) is 3.44. The van der Waals surface area contributed by atoms with Crippen molar-refractivity contribution in [2.75, 3.05) is 24.6 Å². The summed E-state index contributed by atoms with van der Waals surface area (Å²) in [5.41, 5.74) is 1.95. The number of hydrogen-bond acceptors (Lipinski definition) is 7. The van der Waals surface area contributed by atoms with Crippen molar-refractivity contribution < 1.29 is 4.74 Å². The molecule has 6 nitrogen and oxygen atoms in total. The van der Waals surface area contributed by atoms with Crippen molar-refractivity contribution in [1.29, 1.82) is 0 Å². The first-order chi connectivity index (χ1) is 10.8. The molecule has 1 unspecified atom stereocenters. The normalized spacial score (nSPS) is 18.8. The molecule has 0 amide bonds. The molecule has 0 radical (unpaired) electrons. The molecule has 4 heterocycles. The van der Waals surface area contributed by atoms with Crippen LogP contribution in [0.5, 0.6) is 0 Å². The maximum atomic E-state index is 5.89. The zero-order valence-corrected chi connectivity index (χ0v) is 13.0. The highest BCUT2D eigenvalue weighted by molar-refractivity contribution is 7.09. The van der Waals surface area contributed by atoms with Gasteiger partial charge in [0.25, 0.3) is 0 Å². The van der Waals surface area contributed by atoms with Crippen LogP contribution in [0.4, 0.5) is 5.82 Å². The number of morpholine rings is 1. The molecule has 1 atom stereocenters. The van der Waals surface area contributed by atoms with Gasteiger partial charge in [0, 0.05) is 30.0 Å². The largest absolute Gasteiger partial charge is 0.367 e. The summed E-state index contributed by atoms with van der Waals surface area (Å²) in [5, 5.41) is 4.06. The Labute approximate surface area is 131 Å². The smallest absolute Gasteiger partial charge is 0.139 e. The van der Waals surface area contributed by atoms with Crippen LogP contribution in [0.15, 0.2) is 30.2 Å². The van der Waals surface area contributed by atoms with E-state index in [1.807, 2.05) is 19.2 Å². The fourth-order valence-corrected chi connectivity index (χ4v) is 3.49. The van der Waals surface area contributed by atoms with Crippen molar-refractivity contribution in [3.8, 4) is 0 Å². The van der Waals surface area contributed by atoms with Gasteiger partial charge in [-0.3, -0.25) is 0 Å². The summed E-state index contributed by atoms with van der Waals surface area (Å²) in [7, 11) is 0. The monoisotopic (exact) mass is 313 g/mol. The molecule has 0 bridgehead atoms. The van der Waals surface area contributed by atoms with Crippen molar-refractivity contribution in [3.63, 3.8) is 0 Å². The molecule has 4 rings (SSSR count). The first kappa shape index (κ1) is 13.5. The third-order valence-corrected chi connectivity index (χ3v) is 4.75. The quantitative estimate of drug-likeness (QED) is 0.724. The molecule has 112 valence electrons. The van der Waals surface area contributed by atoms with E-state index < -0.39 is 0 Å². The molecule has 0 aliphatic carbocycles. The predicted octanol–water partition coefficient (Wildman–Crippen LogP) is 2.37. The Morgan fingerprint density at radius 1 is 1.36 bits per heavy atom. The summed E-state index contributed by atoms with van der Waals surface area (Å²) < 4.78 is 5.89. The van der Waals surface area contributed by atoms with E-state index in [4.69, 9.17) is 4.74 Å². The Morgan fingerprint density at radius 2 is 2.32 bits per heavy atom. The summed E-state index contributed by atoms with van der Waals surface area (Å²) in [4.78, 5) is 19.7. The standard InChI is InChI=1S/C15H15N5OS/c1-10-8-22-15(19-10)13-7-20(4-5-21-13)14-11-6-16-9-18-12(11)2-3-17-14/h2-3,6,8-9,13H,4-5,7H2,1H3. The van der Waals surface area contributed by atoms with Gasteiger partial charge in [-0.15, -0.1) is 11.3 Å². The van der Waals surface area contributed by atoms with E-state index in [1.54, 1.807) is 23.9 Å². The number of fused-ring (bicyclic) bond motifs is 1. The van der Waals surface area contributed by atoms with E-state index in [-0.39, 0.29) is 6.10 Å². The summed E-state index contributed by atoms with van der Waals surface area (Å²) >= 11 is 1.65. The average Bonchev–Trinajstić information content (AvgIpc) is 3.01. The highest BCUT2D eigenvalue weighted by Crippen LogP contribution is 2.29. The molecule has 0 saturated carbocycles. The Hall–Kier alpha value is -2.12. The third kappa shape index (κ3) is 2.42. The Morgan fingerprint density at radius 3 is 3.18 bits per heavy atom. The molecule has 22 heavy (non-hydrogen) atoms. The zero-order valence-electron chi connectivity index (χ0n) is 12.1. The van der Waals surface area contributed by atoms with Crippen LogP contribution in [0.3, 0.4) is 0 Å². The average molecular weight is 313 g/mol. The van der Waals surface area contributed by atoms with E-state index in [2.05, 4.69) is 30.2 Å². The summed E-state index contributed by atoms with van der Waals surface area (Å²) in [6, 6.07) is 1.91. The molecule has 1 fully saturated rings. The van der Waals surface area contributed by atoms with Gasteiger partial charge < -0.3 is 9.64 Å². The van der Waals surface area contributed by atoms with Crippen LogP contribution in [0, 0.1) is 6.92 Å². The number of aryl methyl sites for hydroxylation is 1. The second-order valence-corrected chi connectivity index (χ2v) is 6.11. The lowest BCUT2D eigenvalue weighted by atomic mass is 10.2. The van der Waals surface area contributed by atoms with Gasteiger partial charge in [-0.25, -0.2) is 19.9 Å². The Balaban J connectivity index is 1.67. The van der Waals surface area contributed by atoms with Crippen molar-refractivity contribution in [3.05, 3.63) is 40.9 Å². The Bertz CT molecular complexity index is 800. The number of nitrogens with zero attached hydrogens (tertiary/aromatic N) is 5.